The van der Waals surface area contributed by atoms with Crippen molar-refractivity contribution in [2.45, 2.75) is 43.2 Å². The van der Waals surface area contributed by atoms with Crippen molar-refractivity contribution in [2.24, 2.45) is 0 Å². The minimum absolute atomic E-state index is 0. The van der Waals surface area contributed by atoms with Crippen LogP contribution in [0.4, 0.5) is 10.5 Å². The summed E-state index contributed by atoms with van der Waals surface area (Å²) >= 11 is 0. The Morgan fingerprint density at radius 1 is 1.21 bits per heavy atom. The number of aromatic nitrogens is 3. The van der Waals surface area contributed by atoms with Gasteiger partial charge in [0.15, 0.2) is 5.03 Å². The van der Waals surface area contributed by atoms with E-state index in [9.17, 15) is 13.2 Å². The number of carbonyl (C=O) groups is 1. The van der Waals surface area contributed by atoms with E-state index in [1.54, 1.807) is 23.1 Å². The maximum absolute atomic E-state index is 12.8. The summed E-state index contributed by atoms with van der Waals surface area (Å²) in [5.74, 6) is 0.451. The zero-order chi connectivity index (χ0) is 22.3. The number of nitrogens with zero attached hydrogens (tertiary/aromatic N) is 3. The van der Waals surface area contributed by atoms with E-state index in [1.165, 1.54) is 13.2 Å². The van der Waals surface area contributed by atoms with Gasteiger partial charge >= 0.3 is 35.6 Å². The Balaban J connectivity index is 0.00000162. The van der Waals surface area contributed by atoms with Crippen LogP contribution in [-0.4, -0.2) is 36.3 Å². The van der Waals surface area contributed by atoms with E-state index in [0.29, 0.717) is 11.6 Å². The first-order valence-electron chi connectivity index (χ1n) is 10.5. The van der Waals surface area contributed by atoms with Crippen LogP contribution >= 0.6 is 0 Å². The molecule has 2 N–H and O–H groups in total. The number of urea groups is 1. The summed E-state index contributed by atoms with van der Waals surface area (Å²) in [7, 11) is -2.55. The molecule has 0 atom stereocenters. The fourth-order valence-electron chi connectivity index (χ4n) is 4.06. The molecule has 33 heavy (non-hydrogen) atoms. The van der Waals surface area contributed by atoms with Crippen molar-refractivity contribution in [1.29, 1.82) is 0 Å². The molecule has 2 heterocycles. The fraction of sp³-hybridized carbons (Fsp3) is 0.318. The van der Waals surface area contributed by atoms with Crippen molar-refractivity contribution in [3.63, 3.8) is 0 Å². The minimum atomic E-state index is -4.09. The molecule has 0 radical (unpaired) electrons. The third-order valence-corrected chi connectivity index (χ3v) is 7.01. The molecule has 11 heteroatoms. The topological polar surface area (TPSA) is 115 Å². The summed E-state index contributed by atoms with van der Waals surface area (Å²) in [4.78, 5) is 16.9. The number of carbonyl (C=O) groups excluding carboxylic acids is 1. The van der Waals surface area contributed by atoms with E-state index in [1.807, 2.05) is 12.1 Å². The van der Waals surface area contributed by atoms with Gasteiger partial charge in [-0.15, -0.1) is 0 Å². The number of rotatable bonds is 6. The second kappa shape index (κ2) is 9.46. The van der Waals surface area contributed by atoms with E-state index in [2.05, 4.69) is 26.2 Å². The predicted molar refractivity (Wildman–Crippen MR) is 119 cm³/mol. The second-order valence-electron chi connectivity index (χ2n) is 7.99. The van der Waals surface area contributed by atoms with E-state index >= 15 is 0 Å². The summed E-state index contributed by atoms with van der Waals surface area (Å²) in [6.07, 6.45) is 7.93. The van der Waals surface area contributed by atoms with Crippen molar-refractivity contribution in [1.82, 2.24) is 19.5 Å². The van der Waals surface area contributed by atoms with Gasteiger partial charge in [-0.2, -0.15) is 13.5 Å². The van der Waals surface area contributed by atoms with E-state index in [-0.39, 0.29) is 42.1 Å². The van der Waals surface area contributed by atoms with Gasteiger partial charge < -0.3 is 11.5 Å². The SMILES string of the molecule is COc1cc(-c2ccc3c(c2NC(=O)NS(=O)(=O)c2ccn(C4CC4)n2)CCC3)ccn1.[H-].[Na+]. The molecule has 0 saturated heterocycles. The van der Waals surface area contributed by atoms with E-state index in [4.69, 9.17) is 4.74 Å². The third kappa shape index (κ3) is 4.93. The van der Waals surface area contributed by atoms with Gasteiger partial charge in [0.1, 0.15) is 0 Å². The number of methoxy groups -OCH3 is 1. The summed E-state index contributed by atoms with van der Waals surface area (Å²) in [5, 5.41) is 6.73. The molecule has 1 saturated carbocycles. The molecule has 0 bridgehead atoms. The molecule has 0 aliphatic heterocycles. The first-order valence-corrected chi connectivity index (χ1v) is 12.0. The van der Waals surface area contributed by atoms with Crippen LogP contribution < -0.4 is 44.3 Å². The van der Waals surface area contributed by atoms with Crippen molar-refractivity contribution in [2.75, 3.05) is 12.4 Å². The first-order chi connectivity index (χ1) is 15.4. The van der Waals surface area contributed by atoms with Crippen LogP contribution in [0.25, 0.3) is 11.1 Å². The zero-order valence-electron chi connectivity index (χ0n) is 19.5. The standard InChI is InChI=1S/C22H23N5O4S.Na.H/c1-31-19-13-15(9-11-23-19)18-8-5-14-3-2-4-17(14)21(18)24-22(28)26-32(29,30)20-10-12-27(25-20)16-6-7-16;;/h5,8-13,16H,2-4,6-7H2,1H3,(H2,24,26,28);;/q;+1;-1. The van der Waals surface area contributed by atoms with Crippen molar-refractivity contribution < 1.29 is 48.9 Å². The number of hydrogen-bond acceptors (Lipinski definition) is 6. The molecule has 1 fully saturated rings. The Bertz CT molecular complexity index is 1310. The number of amides is 2. The maximum atomic E-state index is 12.8. The molecular weight excluding hydrogens is 453 g/mol. The minimum Gasteiger partial charge on any atom is -1.00 e. The molecule has 2 aromatic heterocycles. The molecule has 0 spiro atoms. The number of ether oxygens (including phenoxy) is 1. The Labute approximate surface area is 215 Å². The Morgan fingerprint density at radius 3 is 2.79 bits per heavy atom. The van der Waals surface area contributed by atoms with Gasteiger partial charge in [0.25, 0.3) is 10.0 Å². The van der Waals surface area contributed by atoms with Gasteiger partial charge in [0.2, 0.25) is 5.88 Å². The summed E-state index contributed by atoms with van der Waals surface area (Å²) < 4.78 is 34.3. The molecule has 168 valence electrons. The number of pyridine rings is 1. The number of anilines is 1. The molecule has 9 nitrogen and oxygen atoms in total. The quantitative estimate of drug-likeness (QED) is 0.497. The van der Waals surface area contributed by atoms with Gasteiger partial charge in [0.05, 0.1) is 18.8 Å². The zero-order valence-corrected chi connectivity index (χ0v) is 21.4. The molecule has 2 aliphatic carbocycles. The number of nitrogens with one attached hydrogen (secondary N) is 2. The van der Waals surface area contributed by atoms with Crippen molar-refractivity contribution in [3.05, 3.63) is 53.9 Å². The monoisotopic (exact) mass is 477 g/mol. The number of fused-ring (bicyclic) bond motifs is 1. The molecule has 1 aromatic carbocycles. The van der Waals surface area contributed by atoms with Gasteiger partial charge in [-0.05, 0) is 60.9 Å². The largest absolute Gasteiger partial charge is 1.00 e. The Kier molecular flexibility index (Phi) is 6.81. The maximum Gasteiger partial charge on any atom is 1.00 e. The van der Waals surface area contributed by atoms with Gasteiger partial charge in [-0.1, -0.05) is 12.1 Å². The van der Waals surface area contributed by atoms with Crippen LogP contribution in [0.15, 0.2) is 47.8 Å². The van der Waals surface area contributed by atoms with Crippen LogP contribution in [0, 0.1) is 0 Å². The van der Waals surface area contributed by atoms with E-state index < -0.39 is 16.1 Å². The molecule has 2 aliphatic rings. The molecule has 3 aromatic rings. The van der Waals surface area contributed by atoms with Gasteiger partial charge in [-0.3, -0.25) is 4.68 Å². The van der Waals surface area contributed by atoms with E-state index in [0.717, 1.165) is 54.4 Å². The second-order valence-corrected chi connectivity index (χ2v) is 9.62. The van der Waals surface area contributed by atoms with Crippen LogP contribution in [0.5, 0.6) is 5.88 Å². The molecule has 2 amide bonds. The van der Waals surface area contributed by atoms with Gasteiger partial charge in [-0.25, -0.2) is 14.5 Å². The van der Waals surface area contributed by atoms with Crippen LogP contribution in [0.3, 0.4) is 0 Å². The Hall–Kier alpha value is -2.40. The average Bonchev–Trinajstić information content (AvgIpc) is 3.29. The normalized spacial score (nSPS) is 14.8. The predicted octanol–water partition coefficient (Wildman–Crippen LogP) is 0.404. The average molecular weight is 478 g/mol. The van der Waals surface area contributed by atoms with Crippen molar-refractivity contribution in [3.8, 4) is 17.0 Å². The van der Waals surface area contributed by atoms with Crippen LogP contribution in [0.2, 0.25) is 0 Å². The Morgan fingerprint density at radius 2 is 2.03 bits per heavy atom. The number of hydrogen-bond donors (Lipinski definition) is 2. The van der Waals surface area contributed by atoms with Gasteiger partial charge in [0, 0.05) is 24.0 Å². The molecule has 0 unspecified atom stereocenters. The van der Waals surface area contributed by atoms with Crippen molar-refractivity contribution >= 4 is 21.7 Å². The molecular formula is C22H24N5NaO4S. The smallest absolute Gasteiger partial charge is 1.00 e. The third-order valence-electron chi connectivity index (χ3n) is 5.78. The number of sulfonamides is 1. The number of benzene rings is 1. The number of aryl methyl sites for hydroxylation is 1. The summed E-state index contributed by atoms with van der Waals surface area (Å²) in [5.41, 5.74) is 4.36. The summed E-state index contributed by atoms with van der Waals surface area (Å²) in [6, 6.07) is 8.41. The molecule has 5 rings (SSSR count). The van der Waals surface area contributed by atoms with Crippen LogP contribution in [-0.2, 0) is 22.9 Å². The first kappa shape index (κ1) is 23.7. The fourth-order valence-corrected chi connectivity index (χ4v) is 4.90. The van der Waals surface area contributed by atoms with Crippen LogP contribution in [0.1, 0.15) is 37.9 Å². The summed E-state index contributed by atoms with van der Waals surface area (Å²) in [6.45, 7) is 0.